The van der Waals surface area contributed by atoms with Crippen LogP contribution in [0, 0.1) is 0 Å². The molecule has 0 bridgehead atoms. The number of morpholine rings is 1. The molecule has 1 aliphatic heterocycles. The summed E-state index contributed by atoms with van der Waals surface area (Å²) in [5, 5.41) is 3.28. The third-order valence-corrected chi connectivity index (χ3v) is 6.11. The van der Waals surface area contributed by atoms with Gasteiger partial charge in [0.2, 0.25) is 5.91 Å². The summed E-state index contributed by atoms with van der Waals surface area (Å²) in [6, 6.07) is 3.60. The lowest BCUT2D eigenvalue weighted by Gasteiger charge is -2.42. The molecule has 4 rings (SSSR count). The Balaban J connectivity index is 1.62. The van der Waals surface area contributed by atoms with E-state index >= 15 is 0 Å². The van der Waals surface area contributed by atoms with Gasteiger partial charge in [0.15, 0.2) is 6.10 Å². The lowest BCUT2D eigenvalue weighted by molar-refractivity contribution is -0.166. The van der Waals surface area contributed by atoms with Gasteiger partial charge in [-0.15, -0.1) is 0 Å². The molecule has 6 heteroatoms. The molecular formula is C20H27N3O3. The summed E-state index contributed by atoms with van der Waals surface area (Å²) in [5.41, 5.74) is 0.746. The summed E-state index contributed by atoms with van der Waals surface area (Å²) in [7, 11) is 0. The number of pyridine rings is 1. The zero-order valence-electron chi connectivity index (χ0n) is 15.3. The third-order valence-electron chi connectivity index (χ3n) is 6.11. The molecule has 1 aromatic rings. The number of amides is 2. The molecule has 3 aliphatic rings. The van der Waals surface area contributed by atoms with Gasteiger partial charge in [0.1, 0.15) is 6.61 Å². The third kappa shape index (κ3) is 3.22. The van der Waals surface area contributed by atoms with Crippen molar-refractivity contribution in [2.24, 2.45) is 0 Å². The van der Waals surface area contributed by atoms with Gasteiger partial charge in [-0.25, -0.2) is 0 Å². The maximum absolute atomic E-state index is 13.2. The van der Waals surface area contributed by atoms with Gasteiger partial charge in [-0.05, 0) is 43.7 Å². The number of carbonyl (C=O) groups is 2. The van der Waals surface area contributed by atoms with E-state index in [1.165, 1.54) is 0 Å². The van der Waals surface area contributed by atoms with Crippen molar-refractivity contribution in [3.63, 3.8) is 0 Å². The number of hydrogen-bond donors (Lipinski definition) is 1. The molecule has 1 aromatic heterocycles. The topological polar surface area (TPSA) is 71.5 Å². The number of ether oxygens (including phenoxy) is 1. The highest BCUT2D eigenvalue weighted by molar-refractivity contribution is 5.87. The first-order valence-corrected chi connectivity index (χ1v) is 9.78. The first-order valence-electron chi connectivity index (χ1n) is 9.78. The molecule has 2 saturated carbocycles. The van der Waals surface area contributed by atoms with Crippen molar-refractivity contribution in [3.8, 4) is 0 Å². The average molecular weight is 357 g/mol. The number of carbonyl (C=O) groups excluding carboxylic acids is 2. The molecule has 26 heavy (non-hydrogen) atoms. The number of rotatable bonds is 5. The van der Waals surface area contributed by atoms with Crippen molar-refractivity contribution in [2.75, 3.05) is 6.61 Å². The second-order valence-electron chi connectivity index (χ2n) is 7.83. The molecule has 2 unspecified atom stereocenters. The molecule has 1 N–H and O–H groups in total. The van der Waals surface area contributed by atoms with E-state index in [-0.39, 0.29) is 30.0 Å². The fraction of sp³-hybridized carbons (Fsp3) is 0.650. The van der Waals surface area contributed by atoms with E-state index in [0.717, 1.165) is 50.5 Å². The zero-order chi connectivity index (χ0) is 18.1. The minimum absolute atomic E-state index is 0.0233. The molecule has 1 saturated heterocycles. The van der Waals surface area contributed by atoms with Crippen LogP contribution in [0.15, 0.2) is 24.5 Å². The van der Waals surface area contributed by atoms with E-state index in [0.29, 0.717) is 0 Å². The Kier molecular flexibility index (Phi) is 4.69. The SMILES string of the molecule is CCC1(NC(=O)C2OCC(=O)N(C3CC3)C2c2cccnc2)CCCC1. The smallest absolute Gasteiger partial charge is 0.252 e. The summed E-state index contributed by atoms with van der Waals surface area (Å²) in [6.07, 6.45) is 10.0. The zero-order valence-corrected chi connectivity index (χ0v) is 15.3. The predicted octanol–water partition coefficient (Wildman–Crippen LogP) is 2.35. The van der Waals surface area contributed by atoms with Crippen molar-refractivity contribution in [1.29, 1.82) is 0 Å². The van der Waals surface area contributed by atoms with Crippen LogP contribution in [-0.4, -0.2) is 46.0 Å². The molecule has 2 aliphatic carbocycles. The summed E-state index contributed by atoms with van der Waals surface area (Å²) < 4.78 is 5.80. The van der Waals surface area contributed by atoms with Crippen LogP contribution in [0.1, 0.15) is 63.5 Å². The average Bonchev–Trinajstić information content (AvgIpc) is 3.40. The maximum atomic E-state index is 13.2. The summed E-state index contributed by atoms with van der Waals surface area (Å²) in [6.45, 7) is 2.11. The first-order chi connectivity index (χ1) is 12.6. The quantitative estimate of drug-likeness (QED) is 0.878. The van der Waals surface area contributed by atoms with Crippen LogP contribution < -0.4 is 5.32 Å². The molecule has 2 heterocycles. The normalized spacial score (nSPS) is 28.2. The van der Waals surface area contributed by atoms with Crippen LogP contribution in [0.2, 0.25) is 0 Å². The second kappa shape index (κ2) is 6.99. The highest BCUT2D eigenvalue weighted by Crippen LogP contribution is 2.40. The number of hydrogen-bond acceptors (Lipinski definition) is 4. The monoisotopic (exact) mass is 357 g/mol. The van der Waals surface area contributed by atoms with Crippen LogP contribution in [0.4, 0.5) is 0 Å². The van der Waals surface area contributed by atoms with E-state index < -0.39 is 12.1 Å². The summed E-state index contributed by atoms with van der Waals surface area (Å²) in [5.74, 6) is -0.128. The van der Waals surface area contributed by atoms with Crippen LogP contribution in [0.5, 0.6) is 0 Å². The number of nitrogens with one attached hydrogen (secondary N) is 1. The Bertz CT molecular complexity index is 668. The van der Waals surface area contributed by atoms with Gasteiger partial charge in [0.25, 0.3) is 5.91 Å². The number of aromatic nitrogens is 1. The summed E-state index contributed by atoms with van der Waals surface area (Å²) >= 11 is 0. The number of nitrogens with zero attached hydrogens (tertiary/aromatic N) is 2. The molecule has 2 amide bonds. The molecule has 6 nitrogen and oxygen atoms in total. The fourth-order valence-corrected chi connectivity index (χ4v) is 4.47. The van der Waals surface area contributed by atoms with Gasteiger partial charge in [0.05, 0.1) is 6.04 Å². The van der Waals surface area contributed by atoms with E-state index in [1.54, 1.807) is 12.4 Å². The van der Waals surface area contributed by atoms with Crippen molar-refractivity contribution >= 4 is 11.8 Å². The minimum Gasteiger partial charge on any atom is -0.356 e. The molecule has 2 atom stereocenters. The Labute approximate surface area is 154 Å². The first kappa shape index (κ1) is 17.5. The molecular weight excluding hydrogens is 330 g/mol. The van der Waals surface area contributed by atoms with Crippen LogP contribution in [-0.2, 0) is 14.3 Å². The standard InChI is InChI=1S/C20H27N3O3/c1-2-20(9-3-4-10-20)22-19(25)18-17(14-6-5-11-21-12-14)23(15-7-8-15)16(24)13-26-18/h5-6,11-12,15,17-18H,2-4,7-10,13H2,1H3,(H,22,25). The Morgan fingerprint density at radius 2 is 2.15 bits per heavy atom. The Hall–Kier alpha value is -1.95. The van der Waals surface area contributed by atoms with Gasteiger partial charge in [-0.3, -0.25) is 14.6 Å². The van der Waals surface area contributed by atoms with E-state index in [1.807, 2.05) is 17.0 Å². The van der Waals surface area contributed by atoms with E-state index in [2.05, 4.69) is 17.2 Å². The van der Waals surface area contributed by atoms with Gasteiger partial charge < -0.3 is 15.0 Å². The Morgan fingerprint density at radius 3 is 2.77 bits per heavy atom. The van der Waals surface area contributed by atoms with Crippen LogP contribution in [0.3, 0.4) is 0 Å². The van der Waals surface area contributed by atoms with Crippen molar-refractivity contribution < 1.29 is 14.3 Å². The second-order valence-corrected chi connectivity index (χ2v) is 7.83. The Morgan fingerprint density at radius 1 is 1.38 bits per heavy atom. The maximum Gasteiger partial charge on any atom is 0.252 e. The van der Waals surface area contributed by atoms with E-state index in [9.17, 15) is 9.59 Å². The molecule has 140 valence electrons. The van der Waals surface area contributed by atoms with Crippen LogP contribution >= 0.6 is 0 Å². The highest BCUT2D eigenvalue weighted by Gasteiger charge is 2.48. The van der Waals surface area contributed by atoms with Gasteiger partial charge in [-0.1, -0.05) is 25.8 Å². The van der Waals surface area contributed by atoms with Gasteiger partial charge in [-0.2, -0.15) is 0 Å². The lowest BCUT2D eigenvalue weighted by Crippen LogP contribution is -2.58. The largest absolute Gasteiger partial charge is 0.356 e. The summed E-state index contributed by atoms with van der Waals surface area (Å²) in [4.78, 5) is 31.8. The molecule has 0 radical (unpaired) electrons. The van der Waals surface area contributed by atoms with Gasteiger partial charge >= 0.3 is 0 Å². The van der Waals surface area contributed by atoms with Crippen molar-refractivity contribution in [1.82, 2.24) is 15.2 Å². The molecule has 0 spiro atoms. The van der Waals surface area contributed by atoms with E-state index in [4.69, 9.17) is 4.74 Å². The predicted molar refractivity (Wildman–Crippen MR) is 96.2 cm³/mol. The highest BCUT2D eigenvalue weighted by atomic mass is 16.5. The van der Waals surface area contributed by atoms with Crippen molar-refractivity contribution in [2.45, 2.75) is 75.6 Å². The molecule has 3 fully saturated rings. The van der Waals surface area contributed by atoms with Crippen LogP contribution in [0.25, 0.3) is 0 Å². The fourth-order valence-electron chi connectivity index (χ4n) is 4.47. The van der Waals surface area contributed by atoms with Gasteiger partial charge in [0, 0.05) is 24.0 Å². The lowest BCUT2D eigenvalue weighted by atomic mass is 9.92. The van der Waals surface area contributed by atoms with Crippen molar-refractivity contribution in [3.05, 3.63) is 30.1 Å². The molecule has 0 aromatic carbocycles. The minimum atomic E-state index is -0.679.